The van der Waals surface area contributed by atoms with E-state index in [1.54, 1.807) is 12.4 Å². The SMILES string of the molecule is C[C@@H](NC(=O)C[C@@H]1CCOc2ccccc21)c1cccnc1. The molecule has 22 heavy (non-hydrogen) atoms. The largest absolute Gasteiger partial charge is 0.493 e. The van der Waals surface area contributed by atoms with Gasteiger partial charge < -0.3 is 10.1 Å². The number of aromatic nitrogens is 1. The van der Waals surface area contributed by atoms with E-state index in [2.05, 4.69) is 16.4 Å². The van der Waals surface area contributed by atoms with E-state index in [0.717, 1.165) is 23.3 Å². The van der Waals surface area contributed by atoms with Gasteiger partial charge in [0.2, 0.25) is 5.91 Å². The molecule has 2 aromatic rings. The van der Waals surface area contributed by atoms with Crippen molar-refractivity contribution in [3.63, 3.8) is 0 Å². The van der Waals surface area contributed by atoms with Crippen molar-refractivity contribution in [3.8, 4) is 5.75 Å². The van der Waals surface area contributed by atoms with Gasteiger partial charge in [0.25, 0.3) is 0 Å². The maximum atomic E-state index is 12.3. The van der Waals surface area contributed by atoms with Crippen molar-refractivity contribution < 1.29 is 9.53 Å². The van der Waals surface area contributed by atoms with Crippen molar-refractivity contribution in [3.05, 3.63) is 59.9 Å². The third kappa shape index (κ3) is 3.27. The quantitative estimate of drug-likeness (QED) is 0.942. The van der Waals surface area contributed by atoms with Crippen molar-refractivity contribution in [2.75, 3.05) is 6.61 Å². The fourth-order valence-electron chi connectivity index (χ4n) is 2.87. The maximum absolute atomic E-state index is 12.3. The summed E-state index contributed by atoms with van der Waals surface area (Å²) in [6.45, 7) is 2.65. The Bertz CT molecular complexity index is 643. The van der Waals surface area contributed by atoms with Crippen LogP contribution in [-0.2, 0) is 4.79 Å². The van der Waals surface area contributed by atoms with Gasteiger partial charge >= 0.3 is 0 Å². The Balaban J connectivity index is 1.63. The molecule has 1 aliphatic heterocycles. The van der Waals surface area contributed by atoms with E-state index in [0.29, 0.717) is 13.0 Å². The zero-order valence-corrected chi connectivity index (χ0v) is 12.7. The number of ether oxygens (including phenoxy) is 1. The van der Waals surface area contributed by atoms with Crippen LogP contribution >= 0.6 is 0 Å². The smallest absolute Gasteiger partial charge is 0.221 e. The molecule has 4 nitrogen and oxygen atoms in total. The van der Waals surface area contributed by atoms with Gasteiger partial charge in [0.1, 0.15) is 5.75 Å². The fourth-order valence-corrected chi connectivity index (χ4v) is 2.87. The van der Waals surface area contributed by atoms with E-state index in [1.165, 1.54) is 0 Å². The minimum atomic E-state index is -0.0312. The molecular weight excluding hydrogens is 276 g/mol. The third-order valence-electron chi connectivity index (χ3n) is 4.08. The van der Waals surface area contributed by atoms with Gasteiger partial charge in [0.05, 0.1) is 12.6 Å². The molecule has 1 aromatic heterocycles. The minimum absolute atomic E-state index is 0.0312. The van der Waals surface area contributed by atoms with E-state index >= 15 is 0 Å². The van der Waals surface area contributed by atoms with Gasteiger partial charge in [-0.25, -0.2) is 0 Å². The fraction of sp³-hybridized carbons (Fsp3) is 0.333. The van der Waals surface area contributed by atoms with Gasteiger partial charge in [-0.05, 0) is 42.5 Å². The molecule has 3 rings (SSSR count). The van der Waals surface area contributed by atoms with Crippen LogP contribution in [0.25, 0.3) is 0 Å². The first-order valence-electron chi connectivity index (χ1n) is 7.65. The summed E-state index contributed by atoms with van der Waals surface area (Å²) in [6.07, 6.45) is 4.89. The van der Waals surface area contributed by atoms with E-state index < -0.39 is 0 Å². The number of para-hydroxylation sites is 1. The molecule has 0 fully saturated rings. The second-order valence-corrected chi connectivity index (χ2v) is 5.65. The molecule has 1 aromatic carbocycles. The van der Waals surface area contributed by atoms with Crippen LogP contribution in [0.4, 0.5) is 0 Å². The molecule has 0 unspecified atom stereocenters. The number of nitrogens with one attached hydrogen (secondary N) is 1. The van der Waals surface area contributed by atoms with Gasteiger partial charge in [-0.15, -0.1) is 0 Å². The van der Waals surface area contributed by atoms with Crippen LogP contribution < -0.4 is 10.1 Å². The number of rotatable bonds is 4. The Morgan fingerprint density at radius 3 is 3.05 bits per heavy atom. The van der Waals surface area contributed by atoms with Crippen molar-refractivity contribution >= 4 is 5.91 Å². The van der Waals surface area contributed by atoms with Gasteiger partial charge in [0, 0.05) is 18.8 Å². The summed E-state index contributed by atoms with van der Waals surface area (Å²) < 4.78 is 5.65. The summed E-state index contributed by atoms with van der Waals surface area (Å²) in [4.78, 5) is 16.4. The second kappa shape index (κ2) is 6.60. The average Bonchev–Trinajstić information content (AvgIpc) is 2.56. The zero-order chi connectivity index (χ0) is 15.4. The summed E-state index contributed by atoms with van der Waals surface area (Å²) in [6, 6.07) is 11.8. The number of benzene rings is 1. The van der Waals surface area contributed by atoms with Crippen LogP contribution in [-0.4, -0.2) is 17.5 Å². The standard InChI is InChI=1S/C18H20N2O2/c1-13(15-5-4-9-19-12-15)20-18(21)11-14-8-10-22-17-7-3-2-6-16(14)17/h2-7,9,12-14H,8,10-11H2,1H3,(H,20,21)/t13-,14+/m1/s1. The highest BCUT2D eigenvalue weighted by molar-refractivity contribution is 5.77. The third-order valence-corrected chi connectivity index (χ3v) is 4.08. The van der Waals surface area contributed by atoms with Crippen molar-refractivity contribution in [1.82, 2.24) is 10.3 Å². The summed E-state index contributed by atoms with van der Waals surface area (Å²) >= 11 is 0. The number of hydrogen-bond donors (Lipinski definition) is 1. The minimum Gasteiger partial charge on any atom is -0.493 e. The number of hydrogen-bond acceptors (Lipinski definition) is 3. The number of fused-ring (bicyclic) bond motifs is 1. The molecule has 2 heterocycles. The highest BCUT2D eigenvalue weighted by Crippen LogP contribution is 2.35. The van der Waals surface area contributed by atoms with Crippen LogP contribution in [0.3, 0.4) is 0 Å². The Morgan fingerprint density at radius 2 is 2.23 bits per heavy atom. The lowest BCUT2D eigenvalue weighted by atomic mass is 9.90. The first-order valence-corrected chi connectivity index (χ1v) is 7.65. The predicted octanol–water partition coefficient (Wildman–Crippen LogP) is 3.22. The molecule has 1 aliphatic rings. The molecule has 0 bridgehead atoms. The van der Waals surface area contributed by atoms with Gasteiger partial charge in [-0.3, -0.25) is 9.78 Å². The van der Waals surface area contributed by atoms with Crippen LogP contribution in [0, 0.1) is 0 Å². The Hall–Kier alpha value is -2.36. The van der Waals surface area contributed by atoms with Crippen LogP contribution in [0.1, 0.15) is 42.9 Å². The molecule has 4 heteroatoms. The number of amides is 1. The monoisotopic (exact) mass is 296 g/mol. The number of carbonyl (C=O) groups excluding carboxylic acids is 1. The molecule has 114 valence electrons. The maximum Gasteiger partial charge on any atom is 0.221 e. The summed E-state index contributed by atoms with van der Waals surface area (Å²) in [7, 11) is 0. The Morgan fingerprint density at radius 1 is 1.36 bits per heavy atom. The van der Waals surface area contributed by atoms with Gasteiger partial charge in [-0.1, -0.05) is 24.3 Å². The number of carbonyl (C=O) groups is 1. The van der Waals surface area contributed by atoms with E-state index in [1.807, 2.05) is 37.3 Å². The summed E-state index contributed by atoms with van der Waals surface area (Å²) in [5, 5.41) is 3.05. The molecule has 1 amide bonds. The van der Waals surface area contributed by atoms with Crippen molar-refractivity contribution in [2.24, 2.45) is 0 Å². The van der Waals surface area contributed by atoms with Crippen LogP contribution in [0.15, 0.2) is 48.8 Å². The molecule has 0 aliphatic carbocycles. The molecule has 0 spiro atoms. The van der Waals surface area contributed by atoms with Crippen LogP contribution in [0.5, 0.6) is 5.75 Å². The first kappa shape index (κ1) is 14.6. The van der Waals surface area contributed by atoms with E-state index in [-0.39, 0.29) is 17.9 Å². The van der Waals surface area contributed by atoms with Gasteiger partial charge in [0.15, 0.2) is 0 Å². The Labute approximate surface area is 130 Å². The zero-order valence-electron chi connectivity index (χ0n) is 12.7. The Kier molecular flexibility index (Phi) is 4.37. The molecule has 1 N–H and O–H groups in total. The molecular formula is C18H20N2O2. The van der Waals surface area contributed by atoms with Crippen LogP contribution in [0.2, 0.25) is 0 Å². The van der Waals surface area contributed by atoms with E-state index in [9.17, 15) is 4.79 Å². The van der Waals surface area contributed by atoms with Gasteiger partial charge in [-0.2, -0.15) is 0 Å². The van der Waals surface area contributed by atoms with Crippen molar-refractivity contribution in [1.29, 1.82) is 0 Å². The molecule has 2 atom stereocenters. The first-order chi connectivity index (χ1) is 10.7. The number of nitrogens with zero attached hydrogens (tertiary/aromatic N) is 1. The lowest BCUT2D eigenvalue weighted by Gasteiger charge is -2.26. The second-order valence-electron chi connectivity index (χ2n) is 5.65. The lowest BCUT2D eigenvalue weighted by molar-refractivity contribution is -0.122. The highest BCUT2D eigenvalue weighted by atomic mass is 16.5. The molecule has 0 saturated heterocycles. The topological polar surface area (TPSA) is 51.2 Å². The lowest BCUT2D eigenvalue weighted by Crippen LogP contribution is -2.29. The number of pyridine rings is 1. The highest BCUT2D eigenvalue weighted by Gasteiger charge is 2.24. The van der Waals surface area contributed by atoms with E-state index in [4.69, 9.17) is 4.74 Å². The predicted molar refractivity (Wildman–Crippen MR) is 84.7 cm³/mol. The normalized spacial score (nSPS) is 18.0. The average molecular weight is 296 g/mol. The molecule has 0 saturated carbocycles. The van der Waals surface area contributed by atoms with Crippen molar-refractivity contribution in [2.45, 2.75) is 31.7 Å². The molecule has 0 radical (unpaired) electrons. The summed E-state index contributed by atoms with van der Waals surface area (Å²) in [5.74, 6) is 1.20. The summed E-state index contributed by atoms with van der Waals surface area (Å²) in [5.41, 5.74) is 2.15.